The summed E-state index contributed by atoms with van der Waals surface area (Å²) in [6.45, 7) is 5.05. The molecule has 29 heavy (non-hydrogen) atoms. The molecule has 1 unspecified atom stereocenters. The van der Waals surface area contributed by atoms with Crippen molar-refractivity contribution in [1.29, 1.82) is 0 Å². The Kier molecular flexibility index (Phi) is 5.49. The van der Waals surface area contributed by atoms with Gasteiger partial charge in [0.25, 0.3) is 5.91 Å². The number of likely N-dealkylation sites (N-methyl/N-ethyl adjacent to an activating group) is 1. The van der Waals surface area contributed by atoms with Crippen LogP contribution in [-0.2, 0) is 16.0 Å². The molecule has 2 aromatic rings. The maximum absolute atomic E-state index is 14.2. The van der Waals surface area contributed by atoms with Crippen molar-refractivity contribution < 1.29 is 23.1 Å². The third kappa shape index (κ3) is 4.32. The highest BCUT2D eigenvalue weighted by Crippen LogP contribution is 2.34. The first-order chi connectivity index (χ1) is 13.5. The average molecular weight is 424 g/mol. The van der Waals surface area contributed by atoms with E-state index in [1.54, 1.807) is 20.8 Å². The number of halogens is 3. The number of fused-ring (bicyclic) bond motifs is 1. The molecule has 0 saturated heterocycles. The lowest BCUT2D eigenvalue weighted by Gasteiger charge is -2.30. The van der Waals surface area contributed by atoms with Crippen LogP contribution >= 0.6 is 11.6 Å². The lowest BCUT2D eigenvalue weighted by Crippen LogP contribution is -2.50. The second-order valence-corrected chi connectivity index (χ2v) is 8.14. The number of rotatable bonds is 2. The van der Waals surface area contributed by atoms with E-state index in [1.807, 2.05) is 0 Å². The summed E-state index contributed by atoms with van der Waals surface area (Å²) < 4.78 is 33.3. The molecular weight excluding hydrogens is 404 g/mol. The van der Waals surface area contributed by atoms with Crippen LogP contribution in [0.5, 0.6) is 0 Å². The Morgan fingerprint density at radius 2 is 1.97 bits per heavy atom. The van der Waals surface area contributed by atoms with Crippen molar-refractivity contribution in [3.63, 3.8) is 0 Å². The van der Waals surface area contributed by atoms with Gasteiger partial charge in [-0.25, -0.2) is 23.5 Å². The van der Waals surface area contributed by atoms with E-state index < -0.39 is 35.3 Å². The van der Waals surface area contributed by atoms with Crippen LogP contribution in [0.3, 0.4) is 0 Å². The molecule has 0 fully saturated rings. The summed E-state index contributed by atoms with van der Waals surface area (Å²) >= 11 is 5.93. The summed E-state index contributed by atoms with van der Waals surface area (Å²) in [7, 11) is 1.38. The van der Waals surface area contributed by atoms with Gasteiger partial charge in [-0.2, -0.15) is 0 Å². The van der Waals surface area contributed by atoms with Crippen molar-refractivity contribution in [3.8, 4) is 0 Å². The van der Waals surface area contributed by atoms with E-state index in [0.29, 0.717) is 5.56 Å². The van der Waals surface area contributed by atoms with Crippen molar-refractivity contribution in [2.45, 2.75) is 38.8 Å². The molecule has 3 rings (SSSR count). The van der Waals surface area contributed by atoms with Gasteiger partial charge in [0.15, 0.2) is 0 Å². The fraction of sp³-hybridized carbons (Fsp3) is 0.350. The molecule has 1 aromatic heterocycles. The number of anilines is 2. The van der Waals surface area contributed by atoms with Gasteiger partial charge in [-0.05, 0) is 45.0 Å². The third-order valence-corrected chi connectivity index (χ3v) is 4.57. The van der Waals surface area contributed by atoms with Crippen LogP contribution in [0.2, 0.25) is 5.02 Å². The van der Waals surface area contributed by atoms with Crippen molar-refractivity contribution >= 4 is 35.1 Å². The fourth-order valence-corrected chi connectivity index (χ4v) is 3.26. The summed E-state index contributed by atoms with van der Waals surface area (Å²) in [5.41, 5.74) is -0.478. The molecule has 0 N–H and O–H groups in total. The lowest BCUT2D eigenvalue weighted by molar-refractivity contribution is -0.119. The van der Waals surface area contributed by atoms with Crippen LogP contribution in [0.25, 0.3) is 0 Å². The number of benzene rings is 1. The molecule has 6 nitrogen and oxygen atoms in total. The minimum absolute atomic E-state index is 0.0185. The van der Waals surface area contributed by atoms with Crippen LogP contribution < -0.4 is 9.80 Å². The molecule has 0 radical (unpaired) electrons. The Labute approximate surface area is 172 Å². The SMILES string of the molecule is CN(C(=O)C1Cc2cc(F)cnc2N1C(=O)OC(C)(C)C)c1cc(Cl)ccc1F. The van der Waals surface area contributed by atoms with Gasteiger partial charge in [0.05, 0.1) is 11.9 Å². The van der Waals surface area contributed by atoms with Gasteiger partial charge in [-0.15, -0.1) is 0 Å². The average Bonchev–Trinajstić information content (AvgIpc) is 2.99. The molecule has 1 atom stereocenters. The van der Waals surface area contributed by atoms with E-state index >= 15 is 0 Å². The molecule has 0 bridgehead atoms. The number of aromatic nitrogens is 1. The van der Waals surface area contributed by atoms with E-state index in [1.165, 1.54) is 25.2 Å². The highest BCUT2D eigenvalue weighted by atomic mass is 35.5. The van der Waals surface area contributed by atoms with Crippen LogP contribution in [-0.4, -0.2) is 35.7 Å². The Hall–Kier alpha value is -2.74. The second kappa shape index (κ2) is 7.59. The number of carbonyl (C=O) groups excluding carboxylic acids is 2. The molecule has 1 aliphatic rings. The van der Waals surface area contributed by atoms with Crippen LogP contribution in [0.4, 0.5) is 25.1 Å². The van der Waals surface area contributed by atoms with E-state index in [9.17, 15) is 18.4 Å². The molecule has 1 aromatic carbocycles. The van der Waals surface area contributed by atoms with Gasteiger partial charge in [0.2, 0.25) is 0 Å². The predicted molar refractivity (Wildman–Crippen MR) is 105 cm³/mol. The summed E-state index contributed by atoms with van der Waals surface area (Å²) in [5.74, 6) is -1.68. The van der Waals surface area contributed by atoms with E-state index in [-0.39, 0.29) is 22.9 Å². The van der Waals surface area contributed by atoms with Gasteiger partial charge in [0, 0.05) is 24.1 Å². The number of pyridine rings is 1. The fourth-order valence-electron chi connectivity index (χ4n) is 3.10. The van der Waals surface area contributed by atoms with E-state index in [0.717, 1.165) is 22.1 Å². The van der Waals surface area contributed by atoms with Crippen molar-refractivity contribution in [2.24, 2.45) is 0 Å². The van der Waals surface area contributed by atoms with Gasteiger partial charge in [0.1, 0.15) is 29.1 Å². The lowest BCUT2D eigenvalue weighted by atomic mass is 10.1. The molecule has 2 amide bonds. The summed E-state index contributed by atoms with van der Waals surface area (Å²) in [4.78, 5) is 32.1. The summed E-state index contributed by atoms with van der Waals surface area (Å²) in [6, 6.07) is 3.97. The minimum Gasteiger partial charge on any atom is -0.443 e. The van der Waals surface area contributed by atoms with Crippen LogP contribution in [0, 0.1) is 11.6 Å². The third-order valence-electron chi connectivity index (χ3n) is 4.34. The molecule has 0 spiro atoms. The number of hydrogen-bond acceptors (Lipinski definition) is 4. The zero-order chi connectivity index (χ0) is 21.5. The zero-order valence-electron chi connectivity index (χ0n) is 16.4. The highest BCUT2D eigenvalue weighted by Gasteiger charge is 2.43. The van der Waals surface area contributed by atoms with Gasteiger partial charge < -0.3 is 9.64 Å². The van der Waals surface area contributed by atoms with Gasteiger partial charge >= 0.3 is 6.09 Å². The zero-order valence-corrected chi connectivity index (χ0v) is 17.1. The first kappa shape index (κ1) is 21.0. The van der Waals surface area contributed by atoms with Gasteiger partial charge in [-0.1, -0.05) is 11.6 Å². The molecule has 0 saturated carbocycles. The first-order valence-electron chi connectivity index (χ1n) is 8.87. The smallest absolute Gasteiger partial charge is 0.416 e. The summed E-state index contributed by atoms with van der Waals surface area (Å²) in [6.07, 6.45) is 0.183. The monoisotopic (exact) mass is 423 g/mol. The maximum Gasteiger partial charge on any atom is 0.416 e. The van der Waals surface area contributed by atoms with Gasteiger partial charge in [-0.3, -0.25) is 4.79 Å². The van der Waals surface area contributed by atoms with E-state index in [4.69, 9.17) is 16.3 Å². The van der Waals surface area contributed by atoms with Crippen LogP contribution in [0.15, 0.2) is 30.5 Å². The van der Waals surface area contributed by atoms with E-state index in [2.05, 4.69) is 4.98 Å². The highest BCUT2D eigenvalue weighted by molar-refractivity contribution is 6.31. The number of nitrogens with zero attached hydrogens (tertiary/aromatic N) is 3. The Morgan fingerprint density at radius 3 is 2.62 bits per heavy atom. The number of amides is 2. The molecule has 0 aliphatic carbocycles. The second-order valence-electron chi connectivity index (χ2n) is 7.70. The molecule has 9 heteroatoms. The molecule has 1 aliphatic heterocycles. The first-order valence-corrected chi connectivity index (χ1v) is 9.25. The van der Waals surface area contributed by atoms with Crippen molar-refractivity contribution in [2.75, 3.05) is 16.8 Å². The largest absolute Gasteiger partial charge is 0.443 e. The molecule has 2 heterocycles. The maximum atomic E-state index is 14.2. The normalized spacial score (nSPS) is 15.8. The Balaban J connectivity index is 1.98. The minimum atomic E-state index is -1.07. The van der Waals surface area contributed by atoms with Crippen LogP contribution in [0.1, 0.15) is 26.3 Å². The summed E-state index contributed by atoms with van der Waals surface area (Å²) in [5, 5.41) is 0.253. The molecule has 154 valence electrons. The number of carbonyl (C=O) groups is 2. The topological polar surface area (TPSA) is 62.7 Å². The predicted octanol–water partition coefficient (Wildman–Crippen LogP) is 4.34. The van der Waals surface area contributed by atoms with Crippen molar-refractivity contribution in [3.05, 3.63) is 52.7 Å². The molecular formula is C20H20ClF2N3O3. The number of ether oxygens (including phenoxy) is 1. The standard InChI is InChI=1S/C20H20ClF2N3O3/c1-20(2,3)29-19(28)26-16(8-11-7-13(22)10-24-17(11)26)18(27)25(4)15-9-12(21)5-6-14(15)23/h5-7,9-10,16H,8H2,1-4H3. The van der Waals surface area contributed by atoms with Crippen molar-refractivity contribution in [1.82, 2.24) is 4.98 Å². The Morgan fingerprint density at radius 1 is 1.28 bits per heavy atom. The quantitative estimate of drug-likeness (QED) is 0.720. The number of hydrogen-bond donors (Lipinski definition) is 0. The Bertz CT molecular complexity index is 978.